The molecule has 2 heterocycles. The maximum atomic E-state index is 12.9. The first-order valence-corrected chi connectivity index (χ1v) is 11.8. The van der Waals surface area contributed by atoms with Crippen LogP contribution in [0.25, 0.3) is 0 Å². The molecule has 0 aliphatic carbocycles. The minimum Gasteiger partial charge on any atom is -0.303 e. The van der Waals surface area contributed by atoms with Crippen molar-refractivity contribution in [1.29, 1.82) is 0 Å². The van der Waals surface area contributed by atoms with Gasteiger partial charge < -0.3 is 9.69 Å². The Balaban J connectivity index is 1.51. The van der Waals surface area contributed by atoms with Crippen molar-refractivity contribution < 1.29 is 14.4 Å². The van der Waals surface area contributed by atoms with Gasteiger partial charge in [0, 0.05) is 12.0 Å². The van der Waals surface area contributed by atoms with E-state index in [-0.39, 0.29) is 5.91 Å². The lowest BCUT2D eigenvalue weighted by Gasteiger charge is -2.26. The molecule has 1 saturated heterocycles. The molecule has 5 heteroatoms. The average Bonchev–Trinajstić information content (AvgIpc) is 3.05. The summed E-state index contributed by atoms with van der Waals surface area (Å²) < 4.78 is 0. The maximum Gasteiger partial charge on any atom is 0.263 e. The highest BCUT2D eigenvalue weighted by Crippen LogP contribution is 2.28. The summed E-state index contributed by atoms with van der Waals surface area (Å²) in [5.74, 6) is 5.50. The Morgan fingerprint density at radius 3 is 2.55 bits per heavy atom. The summed E-state index contributed by atoms with van der Waals surface area (Å²) in [6.45, 7) is 5.67. The summed E-state index contributed by atoms with van der Waals surface area (Å²) in [5, 5.41) is 0. The number of carbonyl (C=O) groups is 3. The smallest absolute Gasteiger partial charge is 0.263 e. The van der Waals surface area contributed by atoms with Gasteiger partial charge in [-0.1, -0.05) is 50.5 Å². The predicted octanol–water partition coefficient (Wildman–Crippen LogP) is 4.44. The number of unbranched alkanes of at least 4 members (excludes halogenated alkanes) is 4. The van der Waals surface area contributed by atoms with Gasteiger partial charge in [0.05, 0.1) is 17.2 Å². The molecule has 0 radical (unpaired) electrons. The molecule has 1 aromatic carbocycles. The normalized spacial score (nSPS) is 17.3. The number of rotatable bonds is 10. The van der Waals surface area contributed by atoms with E-state index in [1.165, 1.54) is 58.2 Å². The van der Waals surface area contributed by atoms with E-state index in [2.05, 4.69) is 16.7 Å². The molecular formula is C26H34N2O3. The van der Waals surface area contributed by atoms with Crippen LogP contribution in [0.3, 0.4) is 0 Å². The third-order valence-electron chi connectivity index (χ3n) is 6.22. The molecule has 3 rings (SSSR count). The van der Waals surface area contributed by atoms with E-state index in [0.29, 0.717) is 29.4 Å². The first-order valence-electron chi connectivity index (χ1n) is 11.8. The van der Waals surface area contributed by atoms with Crippen LogP contribution in [0.15, 0.2) is 18.2 Å². The summed E-state index contributed by atoms with van der Waals surface area (Å²) in [5.41, 5.74) is 1.30. The highest BCUT2D eigenvalue weighted by molar-refractivity contribution is 6.23. The minimum atomic E-state index is -0.705. The van der Waals surface area contributed by atoms with E-state index < -0.39 is 11.9 Å². The Kier molecular flexibility index (Phi) is 8.85. The van der Waals surface area contributed by atoms with Gasteiger partial charge in [0.1, 0.15) is 6.29 Å². The molecule has 1 atom stereocenters. The highest BCUT2D eigenvalue weighted by atomic mass is 16.2. The van der Waals surface area contributed by atoms with Gasteiger partial charge in [-0.25, -0.2) is 0 Å². The molecule has 1 aromatic rings. The number of nitrogens with zero attached hydrogens (tertiary/aromatic N) is 2. The maximum absolute atomic E-state index is 12.9. The zero-order chi connectivity index (χ0) is 22.1. The van der Waals surface area contributed by atoms with Crippen molar-refractivity contribution >= 4 is 18.1 Å². The minimum absolute atomic E-state index is 0.351. The second-order valence-electron chi connectivity index (χ2n) is 8.57. The Morgan fingerprint density at radius 2 is 1.81 bits per heavy atom. The molecule has 2 aliphatic heterocycles. The highest BCUT2D eigenvalue weighted by Gasteiger charge is 2.40. The molecule has 2 aliphatic rings. The molecule has 1 unspecified atom stereocenters. The fourth-order valence-electron chi connectivity index (χ4n) is 4.51. The van der Waals surface area contributed by atoms with Gasteiger partial charge in [0.2, 0.25) is 0 Å². The quantitative estimate of drug-likeness (QED) is 0.242. The van der Waals surface area contributed by atoms with Crippen molar-refractivity contribution in [1.82, 2.24) is 9.80 Å². The van der Waals surface area contributed by atoms with Gasteiger partial charge in [-0.05, 0) is 63.9 Å². The van der Waals surface area contributed by atoms with Gasteiger partial charge in [0.25, 0.3) is 11.8 Å². The van der Waals surface area contributed by atoms with Crippen molar-refractivity contribution in [3.05, 3.63) is 34.9 Å². The molecule has 5 nitrogen and oxygen atoms in total. The van der Waals surface area contributed by atoms with Crippen molar-refractivity contribution in [3.63, 3.8) is 0 Å². The molecule has 1 fully saturated rings. The average molecular weight is 423 g/mol. The number of benzene rings is 1. The molecule has 2 amide bonds. The number of likely N-dealkylation sites (tertiary alicyclic amines) is 1. The lowest BCUT2D eigenvalue weighted by atomic mass is 10.0. The number of imide groups is 1. The third-order valence-corrected chi connectivity index (χ3v) is 6.22. The van der Waals surface area contributed by atoms with Crippen LogP contribution in [-0.2, 0) is 4.79 Å². The van der Waals surface area contributed by atoms with Crippen LogP contribution in [0.2, 0.25) is 0 Å². The predicted molar refractivity (Wildman–Crippen MR) is 122 cm³/mol. The van der Waals surface area contributed by atoms with E-state index >= 15 is 0 Å². The van der Waals surface area contributed by atoms with Gasteiger partial charge in [0.15, 0.2) is 0 Å². The van der Waals surface area contributed by atoms with Gasteiger partial charge in [-0.15, -0.1) is 0 Å². The van der Waals surface area contributed by atoms with E-state index in [0.717, 1.165) is 24.2 Å². The Morgan fingerprint density at radius 1 is 1.03 bits per heavy atom. The molecule has 166 valence electrons. The van der Waals surface area contributed by atoms with Gasteiger partial charge in [-0.2, -0.15) is 0 Å². The molecule has 31 heavy (non-hydrogen) atoms. The molecule has 0 aromatic heterocycles. The van der Waals surface area contributed by atoms with Crippen LogP contribution in [0.1, 0.15) is 97.4 Å². The lowest BCUT2D eigenvalue weighted by Crippen LogP contribution is -2.40. The van der Waals surface area contributed by atoms with Crippen molar-refractivity contribution in [2.45, 2.75) is 77.2 Å². The SMILES string of the molecule is CCCC(C=O)N1C(=O)c2cccc(C#CCCCCCCN3CCCCC3)c2C1=O. The molecule has 0 saturated carbocycles. The van der Waals surface area contributed by atoms with E-state index in [1.54, 1.807) is 18.2 Å². The monoisotopic (exact) mass is 422 g/mol. The zero-order valence-electron chi connectivity index (χ0n) is 18.7. The van der Waals surface area contributed by atoms with E-state index in [9.17, 15) is 14.4 Å². The lowest BCUT2D eigenvalue weighted by molar-refractivity contribution is -0.111. The largest absolute Gasteiger partial charge is 0.303 e. The van der Waals surface area contributed by atoms with E-state index in [1.807, 2.05) is 6.92 Å². The summed E-state index contributed by atoms with van der Waals surface area (Å²) >= 11 is 0. The fraction of sp³-hybridized carbons (Fsp3) is 0.577. The number of amides is 2. The first kappa shape index (κ1) is 23.2. The summed E-state index contributed by atoms with van der Waals surface area (Å²) in [4.78, 5) is 40.8. The third kappa shape index (κ3) is 5.83. The van der Waals surface area contributed by atoms with Crippen LogP contribution < -0.4 is 0 Å². The second-order valence-corrected chi connectivity index (χ2v) is 8.57. The fourth-order valence-corrected chi connectivity index (χ4v) is 4.51. The Bertz CT molecular complexity index is 846. The van der Waals surface area contributed by atoms with Crippen molar-refractivity contribution in [3.8, 4) is 11.8 Å². The summed E-state index contributed by atoms with van der Waals surface area (Å²) in [6, 6.07) is 4.49. The Labute approximate surface area is 186 Å². The van der Waals surface area contributed by atoms with Crippen LogP contribution in [0, 0.1) is 11.8 Å². The number of aldehydes is 1. The van der Waals surface area contributed by atoms with Gasteiger partial charge in [-0.3, -0.25) is 14.5 Å². The number of hydrogen-bond acceptors (Lipinski definition) is 4. The number of carbonyl (C=O) groups excluding carboxylic acids is 3. The molecule has 0 N–H and O–H groups in total. The topological polar surface area (TPSA) is 57.7 Å². The van der Waals surface area contributed by atoms with Crippen molar-refractivity contribution in [2.24, 2.45) is 0 Å². The van der Waals surface area contributed by atoms with Crippen LogP contribution in [0.5, 0.6) is 0 Å². The molecule has 0 spiro atoms. The van der Waals surface area contributed by atoms with Gasteiger partial charge >= 0.3 is 0 Å². The summed E-state index contributed by atoms with van der Waals surface area (Å²) in [6.07, 6.45) is 11.5. The zero-order valence-corrected chi connectivity index (χ0v) is 18.7. The van der Waals surface area contributed by atoms with Crippen LogP contribution in [-0.4, -0.2) is 53.6 Å². The number of piperidine rings is 1. The number of fused-ring (bicyclic) bond motifs is 1. The van der Waals surface area contributed by atoms with E-state index in [4.69, 9.17) is 0 Å². The van der Waals surface area contributed by atoms with Crippen molar-refractivity contribution in [2.75, 3.05) is 19.6 Å². The second kappa shape index (κ2) is 11.8. The molecule has 0 bridgehead atoms. The standard InChI is InChI=1S/C26H34N2O3/c1-2-13-22(20-29)28-25(30)23-16-12-15-21(24(23)26(28)31)14-8-5-3-4-6-9-17-27-18-10-7-11-19-27/h12,15-16,20,22H,2-7,9-11,13,17-19H2,1H3. The summed E-state index contributed by atoms with van der Waals surface area (Å²) in [7, 11) is 0. The molecular weight excluding hydrogens is 388 g/mol. The first-order chi connectivity index (χ1) is 15.2. The Hall–Kier alpha value is -2.45. The van der Waals surface area contributed by atoms with Crippen LogP contribution >= 0.6 is 0 Å². The van der Waals surface area contributed by atoms with Crippen LogP contribution in [0.4, 0.5) is 0 Å². The number of hydrogen-bond donors (Lipinski definition) is 0.